The molecule has 1 aromatic rings. The van der Waals surface area contributed by atoms with E-state index >= 15 is 0 Å². The van der Waals surface area contributed by atoms with Crippen molar-refractivity contribution in [3.05, 3.63) is 23.8 Å². The highest BCUT2D eigenvalue weighted by Gasteiger charge is 2.27. The molecule has 0 fully saturated rings. The van der Waals surface area contributed by atoms with E-state index in [1.54, 1.807) is 12.1 Å². The van der Waals surface area contributed by atoms with E-state index in [2.05, 4.69) is 11.4 Å². The Kier molecular flexibility index (Phi) is 6.38. The minimum absolute atomic E-state index is 0.0699. The summed E-state index contributed by atoms with van der Waals surface area (Å²) < 4.78 is 35.9. The van der Waals surface area contributed by atoms with Gasteiger partial charge < -0.3 is 5.32 Å². The van der Waals surface area contributed by atoms with Crippen LogP contribution in [-0.2, 0) is 0 Å². The van der Waals surface area contributed by atoms with Crippen LogP contribution in [0.4, 0.5) is 18.9 Å². The summed E-state index contributed by atoms with van der Waals surface area (Å²) in [6, 6.07) is 7.42. The molecule has 0 aliphatic carbocycles. The van der Waals surface area contributed by atoms with Gasteiger partial charge in [-0.25, -0.2) is 0 Å². The summed E-state index contributed by atoms with van der Waals surface area (Å²) in [5.74, 6) is 0.752. The van der Waals surface area contributed by atoms with Crippen LogP contribution in [-0.4, -0.2) is 23.6 Å². The molecular weight excluding hydrogens is 293 g/mol. The first-order valence-electron chi connectivity index (χ1n) is 5.58. The van der Waals surface area contributed by atoms with E-state index in [9.17, 15) is 13.2 Å². The van der Waals surface area contributed by atoms with E-state index in [0.29, 0.717) is 11.3 Å². The molecule has 0 unspecified atom stereocenters. The smallest absolute Gasteiger partial charge is 0.383 e. The van der Waals surface area contributed by atoms with Gasteiger partial charge in [0.05, 0.1) is 11.3 Å². The first-order chi connectivity index (χ1) is 8.98. The average molecular weight is 306 g/mol. The Hall–Kier alpha value is -1.00. The minimum atomic E-state index is -4.21. The third kappa shape index (κ3) is 5.66. The summed E-state index contributed by atoms with van der Waals surface area (Å²) in [5, 5.41) is 12.0. The van der Waals surface area contributed by atoms with Crippen molar-refractivity contribution in [2.75, 3.05) is 23.4 Å². The fourth-order valence-electron chi connectivity index (χ4n) is 1.42. The Morgan fingerprint density at radius 1 is 1.37 bits per heavy atom. The molecule has 1 rings (SSSR count). The number of rotatable bonds is 6. The molecule has 0 saturated carbocycles. The summed E-state index contributed by atoms with van der Waals surface area (Å²) in [4.78, 5) is 0.846. The van der Waals surface area contributed by atoms with Crippen LogP contribution in [0.25, 0.3) is 0 Å². The van der Waals surface area contributed by atoms with Gasteiger partial charge in [-0.15, -0.1) is 11.8 Å². The van der Waals surface area contributed by atoms with Crippen molar-refractivity contribution in [2.24, 2.45) is 0 Å². The number of halogens is 3. The van der Waals surface area contributed by atoms with Crippen LogP contribution in [0.5, 0.6) is 0 Å². The molecule has 19 heavy (non-hydrogen) atoms. The Balaban J connectivity index is 2.63. The van der Waals surface area contributed by atoms with E-state index in [1.807, 2.05) is 13.0 Å². The number of nitrogens with zero attached hydrogens (tertiary/aromatic N) is 1. The molecule has 0 aromatic heterocycles. The largest absolute Gasteiger partial charge is 0.441 e. The predicted octanol–water partition coefficient (Wildman–Crippen LogP) is 4.34. The van der Waals surface area contributed by atoms with Gasteiger partial charge in [-0.05, 0) is 29.6 Å². The molecule has 0 radical (unpaired) electrons. The van der Waals surface area contributed by atoms with Crippen molar-refractivity contribution in [3.8, 4) is 6.07 Å². The molecule has 2 nitrogen and oxygen atoms in total. The summed E-state index contributed by atoms with van der Waals surface area (Å²) in [6.45, 7) is 2.14. The molecule has 0 amide bonds. The normalized spacial score (nSPS) is 11.1. The Morgan fingerprint density at radius 3 is 2.68 bits per heavy atom. The number of hydrogen-bond donors (Lipinski definition) is 1. The lowest BCUT2D eigenvalue weighted by molar-refractivity contribution is -0.0327. The Labute approximate surface area is 118 Å². The van der Waals surface area contributed by atoms with Crippen LogP contribution < -0.4 is 5.32 Å². The maximum Gasteiger partial charge on any atom is 0.441 e. The average Bonchev–Trinajstić information content (AvgIpc) is 2.34. The number of thioether (sulfide) groups is 2. The zero-order chi connectivity index (χ0) is 14.3. The van der Waals surface area contributed by atoms with Crippen LogP contribution in [0, 0.1) is 11.3 Å². The Morgan fingerprint density at radius 2 is 2.11 bits per heavy atom. The van der Waals surface area contributed by atoms with Crippen molar-refractivity contribution < 1.29 is 13.2 Å². The Bertz CT molecular complexity index is 455. The monoisotopic (exact) mass is 306 g/mol. The van der Waals surface area contributed by atoms with Crippen molar-refractivity contribution in [2.45, 2.75) is 17.3 Å². The molecule has 0 aliphatic heterocycles. The number of benzene rings is 1. The van der Waals surface area contributed by atoms with Gasteiger partial charge >= 0.3 is 5.51 Å². The van der Waals surface area contributed by atoms with E-state index < -0.39 is 5.51 Å². The standard InChI is InChI=1S/C12H13F3N2S2/c1-2-18-11-5-3-4-10(9(11)8-16)17-6-7-19-12(13,14)15/h3-5,17H,2,6-7H2,1H3. The molecule has 0 aliphatic rings. The second-order valence-electron chi connectivity index (χ2n) is 3.44. The molecule has 0 bridgehead atoms. The van der Waals surface area contributed by atoms with Gasteiger partial charge in [0, 0.05) is 17.2 Å². The summed E-state index contributed by atoms with van der Waals surface area (Å²) in [5.41, 5.74) is -3.13. The summed E-state index contributed by atoms with van der Waals surface area (Å²) >= 11 is 1.47. The number of hydrogen-bond acceptors (Lipinski definition) is 4. The van der Waals surface area contributed by atoms with E-state index in [0.717, 1.165) is 10.6 Å². The predicted molar refractivity (Wildman–Crippen MR) is 74.6 cm³/mol. The van der Waals surface area contributed by atoms with Gasteiger partial charge in [0.15, 0.2) is 0 Å². The fraction of sp³-hybridized carbons (Fsp3) is 0.417. The molecule has 7 heteroatoms. The van der Waals surface area contributed by atoms with Gasteiger partial charge in [-0.1, -0.05) is 13.0 Å². The van der Waals surface area contributed by atoms with Gasteiger partial charge in [0.1, 0.15) is 6.07 Å². The van der Waals surface area contributed by atoms with Gasteiger partial charge in [-0.3, -0.25) is 0 Å². The lowest BCUT2D eigenvalue weighted by Crippen LogP contribution is -2.10. The SMILES string of the molecule is CCSc1cccc(NCCSC(F)(F)F)c1C#N. The van der Waals surface area contributed by atoms with Crippen LogP contribution in [0.3, 0.4) is 0 Å². The molecule has 1 N–H and O–H groups in total. The van der Waals surface area contributed by atoms with Gasteiger partial charge in [0.25, 0.3) is 0 Å². The fourth-order valence-corrected chi connectivity index (χ4v) is 2.64. The van der Waals surface area contributed by atoms with E-state index in [4.69, 9.17) is 5.26 Å². The second kappa shape index (κ2) is 7.56. The highest BCUT2D eigenvalue weighted by atomic mass is 32.2. The molecule has 1 aromatic carbocycles. The third-order valence-corrected chi connectivity index (χ3v) is 3.80. The van der Waals surface area contributed by atoms with Crippen molar-refractivity contribution in [1.82, 2.24) is 0 Å². The maximum atomic E-state index is 12.0. The topological polar surface area (TPSA) is 35.8 Å². The van der Waals surface area contributed by atoms with Crippen LogP contribution >= 0.6 is 23.5 Å². The zero-order valence-electron chi connectivity index (χ0n) is 10.3. The van der Waals surface area contributed by atoms with Gasteiger partial charge in [0.2, 0.25) is 0 Å². The van der Waals surface area contributed by atoms with Crippen LogP contribution in [0.15, 0.2) is 23.1 Å². The highest BCUT2D eigenvalue weighted by molar-refractivity contribution is 8.00. The maximum absolute atomic E-state index is 12.0. The first kappa shape index (κ1) is 16.1. The summed E-state index contributed by atoms with van der Waals surface area (Å²) in [7, 11) is 0. The van der Waals surface area contributed by atoms with E-state index in [-0.39, 0.29) is 24.1 Å². The molecule has 0 atom stereocenters. The van der Waals surface area contributed by atoms with Gasteiger partial charge in [-0.2, -0.15) is 18.4 Å². The number of anilines is 1. The highest BCUT2D eigenvalue weighted by Crippen LogP contribution is 2.30. The molecule has 0 saturated heterocycles. The van der Waals surface area contributed by atoms with Crippen molar-refractivity contribution in [3.63, 3.8) is 0 Å². The first-order valence-corrected chi connectivity index (χ1v) is 7.55. The van der Waals surface area contributed by atoms with Crippen LogP contribution in [0.2, 0.25) is 0 Å². The number of nitriles is 1. The lowest BCUT2D eigenvalue weighted by Gasteiger charge is -2.11. The summed E-state index contributed by atoms with van der Waals surface area (Å²) in [6.07, 6.45) is 0. The van der Waals surface area contributed by atoms with E-state index in [1.165, 1.54) is 11.8 Å². The zero-order valence-corrected chi connectivity index (χ0v) is 11.9. The second-order valence-corrected chi connectivity index (χ2v) is 5.91. The number of alkyl halides is 3. The molecule has 0 heterocycles. The van der Waals surface area contributed by atoms with Crippen molar-refractivity contribution in [1.29, 1.82) is 5.26 Å². The minimum Gasteiger partial charge on any atom is -0.383 e. The molecular formula is C12H13F3N2S2. The molecule has 104 valence electrons. The number of nitrogens with one attached hydrogen (secondary N) is 1. The third-order valence-electron chi connectivity index (χ3n) is 2.12. The lowest BCUT2D eigenvalue weighted by atomic mass is 10.2. The van der Waals surface area contributed by atoms with Crippen molar-refractivity contribution >= 4 is 29.2 Å². The van der Waals surface area contributed by atoms with Crippen LogP contribution in [0.1, 0.15) is 12.5 Å². The quantitative estimate of drug-likeness (QED) is 0.626. The molecule has 0 spiro atoms.